The summed E-state index contributed by atoms with van der Waals surface area (Å²) < 4.78 is 49.0. The van der Waals surface area contributed by atoms with E-state index in [0.29, 0.717) is 6.54 Å². The van der Waals surface area contributed by atoms with Crippen LogP contribution in [-0.2, 0) is 11.3 Å². The number of rotatable bonds is 7. The van der Waals surface area contributed by atoms with Gasteiger partial charge in [0, 0.05) is 18.3 Å². The molecule has 0 radical (unpaired) electrons. The van der Waals surface area contributed by atoms with Crippen molar-refractivity contribution in [1.82, 2.24) is 14.8 Å². The zero-order valence-corrected chi connectivity index (χ0v) is 18.1. The Kier molecular flexibility index (Phi) is 6.13. The number of para-hydroxylation sites is 1. The molecule has 0 aliphatic heterocycles. The summed E-state index contributed by atoms with van der Waals surface area (Å²) in [5, 5.41) is 4.57. The molecule has 0 atom stereocenters. The van der Waals surface area contributed by atoms with E-state index >= 15 is 0 Å². The third-order valence-corrected chi connectivity index (χ3v) is 5.79. The molecule has 0 spiro atoms. The predicted octanol–water partition coefficient (Wildman–Crippen LogP) is 4.64. The van der Waals surface area contributed by atoms with Gasteiger partial charge in [0.25, 0.3) is 5.91 Å². The lowest BCUT2D eigenvalue weighted by Gasteiger charge is -2.20. The van der Waals surface area contributed by atoms with Crippen LogP contribution in [-0.4, -0.2) is 33.8 Å². The Labute approximate surface area is 185 Å². The zero-order chi connectivity index (χ0) is 22.8. The fourth-order valence-corrected chi connectivity index (χ4v) is 4.31. The van der Waals surface area contributed by atoms with Crippen molar-refractivity contribution in [2.75, 3.05) is 18.1 Å². The topological polar surface area (TPSA) is 60.2 Å². The largest absolute Gasteiger partial charge is 0.481 e. The highest BCUT2D eigenvalue weighted by Crippen LogP contribution is 2.31. The highest BCUT2D eigenvalue weighted by atomic mass is 32.1. The number of ether oxygens (including phenoxy) is 1. The van der Waals surface area contributed by atoms with Crippen LogP contribution in [0.15, 0.2) is 42.5 Å². The molecule has 6 nitrogen and oxygen atoms in total. The first-order valence-electron chi connectivity index (χ1n) is 9.76. The summed E-state index contributed by atoms with van der Waals surface area (Å²) in [7, 11) is 0. The van der Waals surface area contributed by atoms with E-state index in [9.17, 15) is 18.0 Å². The zero-order valence-electron chi connectivity index (χ0n) is 17.3. The Balaban J connectivity index is 1.61. The van der Waals surface area contributed by atoms with E-state index < -0.39 is 30.0 Å². The fraction of sp³-hybridized carbons (Fsp3) is 0.227. The standard InChI is InChI=1S/C22H19F3N4O2S/c1-13-9-14(2)29(27-13)8-7-28(20(30)12-31-18-6-4-3-5-16(18)24)22-26-21-17(25)10-15(23)11-19(21)32-22/h3-6,9-11H,7-8,12H2,1-2H3. The number of halogens is 3. The second kappa shape index (κ2) is 8.99. The number of hydrogen-bond acceptors (Lipinski definition) is 5. The van der Waals surface area contributed by atoms with Crippen LogP contribution in [0.5, 0.6) is 5.75 Å². The van der Waals surface area contributed by atoms with Gasteiger partial charge in [-0.25, -0.2) is 18.2 Å². The Morgan fingerprint density at radius 1 is 1.12 bits per heavy atom. The molecule has 0 fully saturated rings. The lowest BCUT2D eigenvalue weighted by Crippen LogP contribution is -2.37. The van der Waals surface area contributed by atoms with E-state index in [-0.39, 0.29) is 27.6 Å². The molecule has 0 saturated heterocycles. The van der Waals surface area contributed by atoms with Crippen LogP contribution in [0.1, 0.15) is 11.4 Å². The summed E-state index contributed by atoms with van der Waals surface area (Å²) in [5.74, 6) is -2.69. The van der Waals surface area contributed by atoms with Crippen LogP contribution in [0.3, 0.4) is 0 Å². The Morgan fingerprint density at radius 3 is 2.62 bits per heavy atom. The van der Waals surface area contributed by atoms with E-state index in [1.165, 1.54) is 29.2 Å². The molecule has 166 valence electrons. The summed E-state index contributed by atoms with van der Waals surface area (Å²) in [6.45, 7) is 3.80. The first kappa shape index (κ1) is 21.8. The maximum atomic E-state index is 14.2. The number of aryl methyl sites for hydroxylation is 2. The van der Waals surface area contributed by atoms with Gasteiger partial charge in [0.1, 0.15) is 11.3 Å². The van der Waals surface area contributed by atoms with E-state index in [4.69, 9.17) is 4.74 Å². The van der Waals surface area contributed by atoms with E-state index in [1.54, 1.807) is 10.7 Å². The number of fused-ring (bicyclic) bond motifs is 1. The molecule has 0 unspecified atom stereocenters. The Bertz CT molecular complexity index is 1290. The van der Waals surface area contributed by atoms with Crippen molar-refractivity contribution in [2.45, 2.75) is 20.4 Å². The van der Waals surface area contributed by atoms with Gasteiger partial charge in [0.2, 0.25) is 0 Å². The molecular weight excluding hydrogens is 441 g/mol. The summed E-state index contributed by atoms with van der Waals surface area (Å²) in [4.78, 5) is 18.5. The number of benzene rings is 2. The number of nitrogens with zero attached hydrogens (tertiary/aromatic N) is 4. The molecule has 4 aromatic rings. The third-order valence-electron chi connectivity index (χ3n) is 4.76. The van der Waals surface area contributed by atoms with Crippen molar-refractivity contribution < 1.29 is 22.7 Å². The molecular formula is C22H19F3N4O2S. The van der Waals surface area contributed by atoms with E-state index in [2.05, 4.69) is 10.1 Å². The lowest BCUT2D eigenvalue weighted by molar-refractivity contribution is -0.120. The van der Waals surface area contributed by atoms with Crippen molar-refractivity contribution in [3.8, 4) is 5.75 Å². The van der Waals surface area contributed by atoms with Crippen LogP contribution in [0.4, 0.5) is 18.3 Å². The molecule has 2 aromatic carbocycles. The average molecular weight is 460 g/mol. The molecule has 0 bridgehead atoms. The van der Waals surface area contributed by atoms with Crippen molar-refractivity contribution in [1.29, 1.82) is 0 Å². The van der Waals surface area contributed by atoms with Gasteiger partial charge in [-0.3, -0.25) is 14.4 Å². The van der Waals surface area contributed by atoms with Crippen LogP contribution in [0.2, 0.25) is 0 Å². The molecule has 32 heavy (non-hydrogen) atoms. The van der Waals surface area contributed by atoms with E-state index in [0.717, 1.165) is 28.8 Å². The number of carbonyl (C=O) groups is 1. The lowest BCUT2D eigenvalue weighted by atomic mass is 10.3. The highest BCUT2D eigenvalue weighted by Gasteiger charge is 2.22. The van der Waals surface area contributed by atoms with Crippen molar-refractivity contribution in [3.63, 3.8) is 0 Å². The van der Waals surface area contributed by atoms with Gasteiger partial charge in [-0.1, -0.05) is 23.5 Å². The predicted molar refractivity (Wildman–Crippen MR) is 115 cm³/mol. The van der Waals surface area contributed by atoms with Crippen molar-refractivity contribution in [3.05, 3.63) is 71.3 Å². The number of amides is 1. The number of thiazole rings is 1. The molecule has 1 amide bonds. The van der Waals surface area contributed by atoms with Crippen LogP contribution < -0.4 is 9.64 Å². The Morgan fingerprint density at radius 2 is 1.91 bits per heavy atom. The van der Waals surface area contributed by atoms with Gasteiger partial charge < -0.3 is 4.74 Å². The van der Waals surface area contributed by atoms with Gasteiger partial charge in [-0.05, 0) is 38.1 Å². The summed E-state index contributed by atoms with van der Waals surface area (Å²) >= 11 is 0.986. The van der Waals surface area contributed by atoms with Crippen LogP contribution >= 0.6 is 11.3 Å². The first-order valence-corrected chi connectivity index (χ1v) is 10.6. The normalized spacial score (nSPS) is 11.2. The van der Waals surface area contributed by atoms with Gasteiger partial charge in [0.05, 0.1) is 16.9 Å². The minimum absolute atomic E-state index is 0.0228. The molecule has 2 aromatic heterocycles. The number of hydrogen-bond donors (Lipinski definition) is 0. The van der Waals surface area contributed by atoms with E-state index in [1.807, 2.05) is 19.9 Å². The Hall–Kier alpha value is -3.40. The SMILES string of the molecule is Cc1cc(C)n(CCN(C(=O)COc2ccccc2F)c2nc3c(F)cc(F)cc3s2)n1. The maximum Gasteiger partial charge on any atom is 0.266 e. The number of aromatic nitrogens is 3. The quantitative estimate of drug-likeness (QED) is 0.403. The summed E-state index contributed by atoms with van der Waals surface area (Å²) in [6, 6.07) is 9.56. The first-order chi connectivity index (χ1) is 15.3. The molecule has 0 saturated carbocycles. The molecule has 0 aliphatic carbocycles. The van der Waals surface area contributed by atoms with Gasteiger partial charge in [0.15, 0.2) is 29.1 Å². The molecule has 2 heterocycles. The minimum Gasteiger partial charge on any atom is -0.481 e. The smallest absolute Gasteiger partial charge is 0.266 e. The van der Waals surface area contributed by atoms with Gasteiger partial charge >= 0.3 is 0 Å². The summed E-state index contributed by atoms with van der Waals surface area (Å²) in [6.07, 6.45) is 0. The average Bonchev–Trinajstić information content (AvgIpc) is 3.30. The number of anilines is 1. The monoisotopic (exact) mass is 460 g/mol. The second-order valence-corrected chi connectivity index (χ2v) is 8.15. The minimum atomic E-state index is -0.809. The number of carbonyl (C=O) groups excluding carboxylic acids is 1. The molecule has 10 heteroatoms. The maximum absolute atomic E-state index is 14.2. The fourth-order valence-electron chi connectivity index (χ4n) is 3.26. The third kappa shape index (κ3) is 4.59. The van der Waals surface area contributed by atoms with Crippen LogP contribution in [0.25, 0.3) is 10.2 Å². The highest BCUT2D eigenvalue weighted by molar-refractivity contribution is 7.22. The van der Waals surface area contributed by atoms with Crippen LogP contribution in [0, 0.1) is 31.3 Å². The molecule has 4 rings (SSSR count). The van der Waals surface area contributed by atoms with Gasteiger partial charge in [-0.2, -0.15) is 5.10 Å². The van der Waals surface area contributed by atoms with Gasteiger partial charge in [-0.15, -0.1) is 0 Å². The summed E-state index contributed by atoms with van der Waals surface area (Å²) in [5.41, 5.74) is 1.72. The molecule has 0 aliphatic rings. The second-order valence-electron chi connectivity index (χ2n) is 7.15. The molecule has 0 N–H and O–H groups in total. The van der Waals surface area contributed by atoms with Crippen molar-refractivity contribution >= 4 is 32.6 Å². The van der Waals surface area contributed by atoms with Crippen molar-refractivity contribution in [2.24, 2.45) is 0 Å².